The van der Waals surface area contributed by atoms with Gasteiger partial charge >= 0.3 is 0 Å². The number of hydrogen-bond acceptors (Lipinski definition) is 5. The lowest BCUT2D eigenvalue weighted by Crippen LogP contribution is -2.53. The molecule has 1 amide bonds. The van der Waals surface area contributed by atoms with Crippen molar-refractivity contribution in [3.05, 3.63) is 46.0 Å². The number of benzene rings is 1. The molecule has 1 aromatic carbocycles. The lowest BCUT2D eigenvalue weighted by Gasteiger charge is -2.41. The Bertz CT molecular complexity index is 736. The Labute approximate surface area is 146 Å². The second-order valence-electron chi connectivity index (χ2n) is 6.68. The van der Waals surface area contributed by atoms with Crippen LogP contribution in [-0.4, -0.2) is 57.5 Å². The molecule has 0 spiro atoms. The summed E-state index contributed by atoms with van der Waals surface area (Å²) in [6.07, 6.45) is 3.54. The minimum Gasteiger partial charge on any atom is -0.335 e. The zero-order valence-electron chi connectivity index (χ0n) is 13.9. The van der Waals surface area contributed by atoms with E-state index in [2.05, 4.69) is 38.8 Å². The number of carbonyl (C=O) groups excluding carboxylic acids is 1. The first-order chi connectivity index (χ1) is 11.7. The summed E-state index contributed by atoms with van der Waals surface area (Å²) in [5.74, 6) is 0.0936. The van der Waals surface area contributed by atoms with Gasteiger partial charge in [0.25, 0.3) is 5.91 Å². The van der Waals surface area contributed by atoms with Gasteiger partial charge in [0.05, 0.1) is 5.69 Å². The predicted octanol–water partition coefficient (Wildman–Crippen LogP) is 2.16. The van der Waals surface area contributed by atoms with Gasteiger partial charge in [-0.25, -0.2) is 0 Å². The average molecular weight is 342 g/mol. The maximum absolute atomic E-state index is 12.6. The van der Waals surface area contributed by atoms with Gasteiger partial charge in [-0.2, -0.15) is 0 Å². The lowest BCUT2D eigenvalue weighted by molar-refractivity contribution is 0.0556. The van der Waals surface area contributed by atoms with Gasteiger partial charge in [0.15, 0.2) is 0 Å². The first-order valence-electron chi connectivity index (χ1n) is 8.61. The third-order valence-electron chi connectivity index (χ3n) is 5.28. The number of aryl methyl sites for hydroxylation is 2. The summed E-state index contributed by atoms with van der Waals surface area (Å²) in [7, 11) is 0. The Hall–Kier alpha value is -1.79. The summed E-state index contributed by atoms with van der Waals surface area (Å²) in [5.41, 5.74) is 3.76. The summed E-state index contributed by atoms with van der Waals surface area (Å²) in [6.45, 7) is 5.38. The maximum Gasteiger partial charge on any atom is 0.267 e. The van der Waals surface area contributed by atoms with Crippen molar-refractivity contribution in [2.24, 2.45) is 0 Å². The molecule has 2 aromatic rings. The molecule has 1 saturated heterocycles. The van der Waals surface area contributed by atoms with E-state index in [4.69, 9.17) is 0 Å². The van der Waals surface area contributed by atoms with Crippen LogP contribution in [0.1, 0.15) is 32.9 Å². The van der Waals surface area contributed by atoms with E-state index in [1.54, 1.807) is 0 Å². The average Bonchev–Trinajstić information content (AvgIpc) is 3.07. The van der Waals surface area contributed by atoms with Crippen molar-refractivity contribution in [1.29, 1.82) is 0 Å². The van der Waals surface area contributed by atoms with Crippen molar-refractivity contribution >= 4 is 17.4 Å². The van der Waals surface area contributed by atoms with Crippen LogP contribution in [0.2, 0.25) is 0 Å². The monoisotopic (exact) mass is 342 g/mol. The molecule has 1 atom stereocenters. The SMILES string of the molecule is Cc1nnsc1C(=O)N1CCN([C@@H]2CCc3ccccc3C2)CC1. The van der Waals surface area contributed by atoms with E-state index < -0.39 is 0 Å². The van der Waals surface area contributed by atoms with Crippen LogP contribution in [0.3, 0.4) is 0 Å². The molecule has 24 heavy (non-hydrogen) atoms. The molecule has 0 N–H and O–H groups in total. The highest BCUT2D eigenvalue weighted by Crippen LogP contribution is 2.25. The number of amides is 1. The quantitative estimate of drug-likeness (QED) is 0.839. The number of aromatic nitrogens is 2. The van der Waals surface area contributed by atoms with Crippen molar-refractivity contribution in [3.8, 4) is 0 Å². The van der Waals surface area contributed by atoms with Crippen molar-refractivity contribution in [2.45, 2.75) is 32.2 Å². The van der Waals surface area contributed by atoms with E-state index in [1.807, 2.05) is 11.8 Å². The van der Waals surface area contributed by atoms with Gasteiger partial charge in [-0.1, -0.05) is 28.8 Å². The fourth-order valence-corrected chi connectivity index (χ4v) is 4.48. The van der Waals surface area contributed by atoms with E-state index in [-0.39, 0.29) is 5.91 Å². The number of carbonyl (C=O) groups is 1. The molecule has 0 bridgehead atoms. The van der Waals surface area contributed by atoms with Crippen LogP contribution >= 0.6 is 11.5 Å². The third kappa shape index (κ3) is 2.96. The van der Waals surface area contributed by atoms with Crippen molar-refractivity contribution in [3.63, 3.8) is 0 Å². The minimum absolute atomic E-state index is 0.0936. The zero-order chi connectivity index (χ0) is 16.5. The number of rotatable bonds is 2. The minimum atomic E-state index is 0.0936. The van der Waals surface area contributed by atoms with Crippen LogP contribution in [0.25, 0.3) is 0 Å². The number of hydrogen-bond donors (Lipinski definition) is 0. The molecule has 1 aliphatic carbocycles. The van der Waals surface area contributed by atoms with Crippen LogP contribution in [0, 0.1) is 6.92 Å². The Balaban J connectivity index is 1.37. The fraction of sp³-hybridized carbons (Fsp3) is 0.500. The number of nitrogens with zero attached hydrogens (tertiary/aromatic N) is 4. The molecule has 1 aromatic heterocycles. The topological polar surface area (TPSA) is 49.3 Å². The smallest absolute Gasteiger partial charge is 0.267 e. The van der Waals surface area contributed by atoms with E-state index >= 15 is 0 Å². The van der Waals surface area contributed by atoms with Crippen molar-refractivity contribution < 1.29 is 4.79 Å². The second-order valence-corrected chi connectivity index (χ2v) is 7.44. The Morgan fingerprint density at radius 2 is 1.92 bits per heavy atom. The highest BCUT2D eigenvalue weighted by Gasteiger charge is 2.30. The first kappa shape index (κ1) is 15.7. The zero-order valence-corrected chi connectivity index (χ0v) is 14.8. The first-order valence-corrected chi connectivity index (χ1v) is 9.39. The Kier molecular flexibility index (Phi) is 4.33. The largest absolute Gasteiger partial charge is 0.335 e. The van der Waals surface area contributed by atoms with Crippen molar-refractivity contribution in [1.82, 2.24) is 19.4 Å². The summed E-state index contributed by atoms with van der Waals surface area (Å²) >= 11 is 1.21. The van der Waals surface area contributed by atoms with Gasteiger partial charge in [0.2, 0.25) is 0 Å². The summed E-state index contributed by atoms with van der Waals surface area (Å²) in [5, 5.41) is 3.95. The molecule has 0 radical (unpaired) electrons. The summed E-state index contributed by atoms with van der Waals surface area (Å²) in [6, 6.07) is 9.42. The Morgan fingerprint density at radius 3 is 2.62 bits per heavy atom. The molecule has 5 nitrogen and oxygen atoms in total. The van der Waals surface area contributed by atoms with E-state index in [9.17, 15) is 4.79 Å². The third-order valence-corrected chi connectivity index (χ3v) is 6.10. The molecular weight excluding hydrogens is 320 g/mol. The highest BCUT2D eigenvalue weighted by atomic mass is 32.1. The molecular formula is C18H22N4OS. The lowest BCUT2D eigenvalue weighted by atomic mass is 9.87. The predicted molar refractivity (Wildman–Crippen MR) is 94.4 cm³/mol. The van der Waals surface area contributed by atoms with Gasteiger partial charge in [0.1, 0.15) is 4.88 Å². The van der Waals surface area contributed by atoms with Gasteiger partial charge in [-0.05, 0) is 48.8 Å². The molecule has 6 heteroatoms. The molecule has 0 unspecified atom stereocenters. The number of fused-ring (bicyclic) bond motifs is 1. The van der Waals surface area contributed by atoms with Gasteiger partial charge in [-0.15, -0.1) is 5.10 Å². The van der Waals surface area contributed by atoms with Gasteiger partial charge < -0.3 is 4.90 Å². The second kappa shape index (κ2) is 6.61. The van der Waals surface area contributed by atoms with E-state index in [1.165, 1.54) is 35.5 Å². The summed E-state index contributed by atoms with van der Waals surface area (Å²) < 4.78 is 3.88. The molecule has 1 fully saturated rings. The standard InChI is InChI=1S/C18H22N4OS/c1-13-17(24-20-19-13)18(23)22-10-8-21(9-11-22)16-7-6-14-4-2-3-5-15(14)12-16/h2-5,16H,6-12H2,1H3/t16-/m1/s1. The van der Waals surface area contributed by atoms with Crippen LogP contribution in [0.5, 0.6) is 0 Å². The normalized spacial score (nSPS) is 21.5. The molecule has 0 saturated carbocycles. The number of piperazine rings is 1. The Morgan fingerprint density at radius 1 is 1.17 bits per heavy atom. The van der Waals surface area contributed by atoms with Crippen LogP contribution < -0.4 is 0 Å². The van der Waals surface area contributed by atoms with Crippen molar-refractivity contribution in [2.75, 3.05) is 26.2 Å². The van der Waals surface area contributed by atoms with Gasteiger partial charge in [0, 0.05) is 32.2 Å². The van der Waals surface area contributed by atoms with Crippen LogP contribution in [0.15, 0.2) is 24.3 Å². The molecule has 4 rings (SSSR count). The molecule has 1 aliphatic heterocycles. The summed E-state index contributed by atoms with van der Waals surface area (Å²) in [4.78, 5) is 17.8. The highest BCUT2D eigenvalue weighted by molar-refractivity contribution is 7.07. The molecule has 2 aliphatic rings. The van der Waals surface area contributed by atoms with E-state index in [0.717, 1.165) is 38.3 Å². The van der Waals surface area contributed by atoms with Gasteiger partial charge in [-0.3, -0.25) is 9.69 Å². The maximum atomic E-state index is 12.6. The van der Waals surface area contributed by atoms with E-state index in [0.29, 0.717) is 10.9 Å². The van der Waals surface area contributed by atoms with Crippen LogP contribution in [-0.2, 0) is 12.8 Å². The van der Waals surface area contributed by atoms with Crippen LogP contribution in [0.4, 0.5) is 0 Å². The molecule has 126 valence electrons. The fourth-order valence-electron chi connectivity index (χ4n) is 3.85. The molecule has 2 heterocycles.